The predicted octanol–water partition coefficient (Wildman–Crippen LogP) is 4.73. The fourth-order valence-electron chi connectivity index (χ4n) is 2.41. The molecule has 0 aliphatic carbocycles. The van der Waals surface area contributed by atoms with Crippen LogP contribution in [-0.2, 0) is 9.53 Å². The van der Waals surface area contributed by atoms with E-state index < -0.39 is 12.1 Å². The second-order valence-electron chi connectivity index (χ2n) is 6.29. The van der Waals surface area contributed by atoms with Gasteiger partial charge >= 0.3 is 5.97 Å². The monoisotopic (exact) mass is 360 g/mol. The first-order chi connectivity index (χ1) is 12.6. The Bertz CT molecular complexity index is 528. The number of aliphatic carboxylic acids is 1. The molecule has 3 atom stereocenters. The van der Waals surface area contributed by atoms with Gasteiger partial charge in [0.05, 0.1) is 18.3 Å². The van der Waals surface area contributed by atoms with Crippen LogP contribution in [0.2, 0.25) is 0 Å². The first-order valence-electron chi connectivity index (χ1n) is 9.47. The van der Waals surface area contributed by atoms with Crippen molar-refractivity contribution >= 4 is 5.97 Å². The standard InChI is InChI=1S/C22H32O4/c1-2-3-11-14-19(23)15-12-9-7-5-4-6-8-10-13-16-20-21(26-20)17-18-22(24)25/h3-4,6-7,9-13,15,19-21,23H,2,5,8,14,16-18H2,1H3,(H,24,25)/b6-4-,9-7-,11-3-,13-10-,15-12+. The molecule has 4 nitrogen and oxygen atoms in total. The molecule has 26 heavy (non-hydrogen) atoms. The Morgan fingerprint density at radius 1 is 1.00 bits per heavy atom. The average Bonchev–Trinajstić information content (AvgIpc) is 3.36. The lowest BCUT2D eigenvalue weighted by Crippen LogP contribution is -1.99. The van der Waals surface area contributed by atoms with E-state index in [-0.39, 0.29) is 18.6 Å². The summed E-state index contributed by atoms with van der Waals surface area (Å²) in [7, 11) is 0. The summed E-state index contributed by atoms with van der Waals surface area (Å²) in [5, 5.41) is 18.3. The molecule has 0 bridgehead atoms. The lowest BCUT2D eigenvalue weighted by molar-refractivity contribution is -0.137. The van der Waals surface area contributed by atoms with E-state index in [2.05, 4.69) is 43.4 Å². The largest absolute Gasteiger partial charge is 0.481 e. The number of aliphatic hydroxyl groups is 1. The van der Waals surface area contributed by atoms with Crippen LogP contribution in [0.4, 0.5) is 0 Å². The summed E-state index contributed by atoms with van der Waals surface area (Å²) in [5.41, 5.74) is 0. The number of aliphatic hydroxyl groups excluding tert-OH is 1. The molecule has 0 aromatic carbocycles. The molecule has 2 N–H and O–H groups in total. The highest BCUT2D eigenvalue weighted by molar-refractivity contribution is 5.66. The van der Waals surface area contributed by atoms with Crippen molar-refractivity contribution in [1.82, 2.24) is 0 Å². The van der Waals surface area contributed by atoms with Crippen LogP contribution in [0, 0.1) is 0 Å². The molecule has 1 fully saturated rings. The maximum atomic E-state index is 10.5. The Balaban J connectivity index is 2.00. The van der Waals surface area contributed by atoms with Crippen molar-refractivity contribution in [1.29, 1.82) is 0 Å². The Morgan fingerprint density at radius 3 is 2.46 bits per heavy atom. The van der Waals surface area contributed by atoms with Crippen molar-refractivity contribution in [2.75, 3.05) is 0 Å². The van der Waals surface area contributed by atoms with Gasteiger partial charge in [-0.15, -0.1) is 0 Å². The Morgan fingerprint density at radius 2 is 1.73 bits per heavy atom. The van der Waals surface area contributed by atoms with Gasteiger partial charge in [0.2, 0.25) is 0 Å². The van der Waals surface area contributed by atoms with E-state index in [0.29, 0.717) is 12.8 Å². The van der Waals surface area contributed by atoms with Gasteiger partial charge < -0.3 is 14.9 Å². The van der Waals surface area contributed by atoms with E-state index in [0.717, 1.165) is 25.7 Å². The predicted molar refractivity (Wildman–Crippen MR) is 106 cm³/mol. The van der Waals surface area contributed by atoms with E-state index in [1.165, 1.54) is 0 Å². The van der Waals surface area contributed by atoms with Crippen LogP contribution < -0.4 is 0 Å². The highest BCUT2D eigenvalue weighted by Crippen LogP contribution is 2.29. The number of epoxide rings is 1. The molecule has 1 saturated heterocycles. The minimum atomic E-state index is -0.759. The molecule has 1 heterocycles. The molecule has 144 valence electrons. The van der Waals surface area contributed by atoms with Crippen LogP contribution >= 0.6 is 0 Å². The average molecular weight is 360 g/mol. The minimum Gasteiger partial charge on any atom is -0.481 e. The van der Waals surface area contributed by atoms with Gasteiger partial charge in [-0.3, -0.25) is 4.79 Å². The number of rotatable bonds is 14. The number of carboxylic acids is 1. The lowest BCUT2D eigenvalue weighted by atomic mass is 10.1. The lowest BCUT2D eigenvalue weighted by Gasteiger charge is -1.98. The van der Waals surface area contributed by atoms with Crippen molar-refractivity contribution in [2.24, 2.45) is 0 Å². The van der Waals surface area contributed by atoms with Crippen molar-refractivity contribution in [3.8, 4) is 0 Å². The van der Waals surface area contributed by atoms with Gasteiger partial charge in [-0.1, -0.05) is 67.7 Å². The van der Waals surface area contributed by atoms with Crippen LogP contribution in [0.5, 0.6) is 0 Å². The first kappa shape index (κ1) is 22.1. The second kappa shape index (κ2) is 14.3. The van der Waals surface area contributed by atoms with Gasteiger partial charge in [-0.05, 0) is 38.5 Å². The number of ether oxygens (including phenoxy) is 1. The first-order valence-corrected chi connectivity index (χ1v) is 9.47. The highest BCUT2D eigenvalue weighted by atomic mass is 16.6. The van der Waals surface area contributed by atoms with Gasteiger partial charge in [0.25, 0.3) is 0 Å². The smallest absolute Gasteiger partial charge is 0.303 e. The number of hydrogen-bond donors (Lipinski definition) is 2. The number of hydrogen-bond acceptors (Lipinski definition) is 3. The third-order valence-electron chi connectivity index (χ3n) is 3.94. The van der Waals surface area contributed by atoms with Crippen LogP contribution in [0.15, 0.2) is 60.8 Å². The van der Waals surface area contributed by atoms with Crippen LogP contribution in [0.3, 0.4) is 0 Å². The molecule has 1 rings (SSSR count). The fourth-order valence-corrected chi connectivity index (χ4v) is 2.41. The van der Waals surface area contributed by atoms with Gasteiger partial charge in [-0.2, -0.15) is 0 Å². The van der Waals surface area contributed by atoms with E-state index in [1.807, 2.05) is 18.2 Å². The Labute approximate surface area is 157 Å². The summed E-state index contributed by atoms with van der Waals surface area (Å²) in [6.07, 6.45) is 25.2. The third-order valence-corrected chi connectivity index (χ3v) is 3.94. The molecule has 0 saturated carbocycles. The maximum Gasteiger partial charge on any atom is 0.303 e. The summed E-state index contributed by atoms with van der Waals surface area (Å²) >= 11 is 0. The van der Waals surface area contributed by atoms with E-state index in [9.17, 15) is 9.90 Å². The van der Waals surface area contributed by atoms with Gasteiger partial charge in [0, 0.05) is 6.42 Å². The summed E-state index contributed by atoms with van der Waals surface area (Å²) in [6, 6.07) is 0. The van der Waals surface area contributed by atoms with E-state index in [1.54, 1.807) is 6.08 Å². The van der Waals surface area contributed by atoms with Crippen LogP contribution in [0.1, 0.15) is 51.9 Å². The third kappa shape index (κ3) is 12.5. The SMILES string of the molecule is CC/C=C\CC(O)/C=C/C=C\C/C=C\C/C=C\CC1OC1CCC(=O)O. The Kier molecular flexibility index (Phi) is 12.2. The van der Waals surface area contributed by atoms with E-state index in [4.69, 9.17) is 9.84 Å². The topological polar surface area (TPSA) is 70.1 Å². The van der Waals surface area contributed by atoms with Gasteiger partial charge in [0.1, 0.15) is 0 Å². The van der Waals surface area contributed by atoms with Crippen LogP contribution in [-0.4, -0.2) is 34.5 Å². The zero-order valence-electron chi connectivity index (χ0n) is 15.7. The zero-order chi connectivity index (χ0) is 19.0. The minimum absolute atomic E-state index is 0.130. The molecule has 0 aromatic heterocycles. The highest BCUT2D eigenvalue weighted by Gasteiger charge is 2.37. The molecular weight excluding hydrogens is 328 g/mol. The number of carbonyl (C=O) groups is 1. The quantitative estimate of drug-likeness (QED) is 0.267. The number of carboxylic acid groups (broad SMARTS) is 1. The molecular formula is C22H32O4. The molecule has 0 aromatic rings. The molecule has 0 spiro atoms. The molecule has 0 amide bonds. The maximum absolute atomic E-state index is 10.5. The van der Waals surface area contributed by atoms with Gasteiger partial charge in [0.15, 0.2) is 0 Å². The summed E-state index contributed by atoms with van der Waals surface area (Å²) < 4.78 is 5.42. The van der Waals surface area contributed by atoms with E-state index >= 15 is 0 Å². The summed E-state index contributed by atoms with van der Waals surface area (Å²) in [4.78, 5) is 10.5. The Hall–Kier alpha value is -1.91. The molecule has 3 unspecified atom stereocenters. The zero-order valence-corrected chi connectivity index (χ0v) is 15.7. The number of allylic oxidation sites excluding steroid dienone is 7. The normalized spacial score (nSPS) is 21.8. The van der Waals surface area contributed by atoms with Crippen molar-refractivity contribution in [3.63, 3.8) is 0 Å². The van der Waals surface area contributed by atoms with Crippen molar-refractivity contribution in [3.05, 3.63) is 60.8 Å². The van der Waals surface area contributed by atoms with Crippen molar-refractivity contribution in [2.45, 2.75) is 70.2 Å². The molecule has 4 heteroatoms. The van der Waals surface area contributed by atoms with Crippen molar-refractivity contribution < 1.29 is 19.7 Å². The van der Waals surface area contributed by atoms with Gasteiger partial charge in [-0.25, -0.2) is 0 Å². The molecule has 0 radical (unpaired) electrons. The summed E-state index contributed by atoms with van der Waals surface area (Å²) in [6.45, 7) is 2.08. The summed E-state index contributed by atoms with van der Waals surface area (Å²) in [5.74, 6) is -0.759. The van der Waals surface area contributed by atoms with Crippen LogP contribution in [0.25, 0.3) is 0 Å². The molecule has 1 aliphatic rings. The molecule has 1 aliphatic heterocycles. The fraction of sp³-hybridized carbons (Fsp3) is 0.500. The second-order valence-corrected chi connectivity index (χ2v) is 6.29.